The topological polar surface area (TPSA) is 101 Å². The number of nitrogens with one attached hydrogen (secondary N) is 1. The number of carbonyl (C=O) groups is 2. The maximum absolute atomic E-state index is 12.5. The van der Waals surface area contributed by atoms with Crippen LogP contribution in [-0.2, 0) is 22.4 Å². The molecule has 4 rings (SSSR count). The predicted molar refractivity (Wildman–Crippen MR) is 96.7 cm³/mol. The lowest BCUT2D eigenvalue weighted by atomic mass is 10.1. The molecule has 1 atom stereocenters. The third-order valence-electron chi connectivity index (χ3n) is 4.34. The van der Waals surface area contributed by atoms with Crippen molar-refractivity contribution in [3.63, 3.8) is 0 Å². The predicted octanol–water partition coefficient (Wildman–Crippen LogP) is 1.69. The monoisotopic (exact) mass is 355 g/mol. The van der Waals surface area contributed by atoms with Crippen LogP contribution in [0.5, 0.6) is 0 Å². The molecule has 1 aromatic heterocycles. The quantitative estimate of drug-likeness (QED) is 0.871. The molecule has 3 N–H and O–H groups in total. The number of hydrogen-bond donors (Lipinski definition) is 2. The first-order valence-corrected chi connectivity index (χ1v) is 8.94. The van der Waals surface area contributed by atoms with Gasteiger partial charge in [0.2, 0.25) is 5.91 Å². The van der Waals surface area contributed by atoms with Crippen LogP contribution >= 0.6 is 11.3 Å². The number of aromatic nitrogens is 1. The molecule has 0 saturated heterocycles. The minimum absolute atomic E-state index is 0.182. The lowest BCUT2D eigenvalue weighted by Crippen LogP contribution is -2.39. The first kappa shape index (κ1) is 15.8. The van der Waals surface area contributed by atoms with E-state index in [1.54, 1.807) is 0 Å². The molecule has 1 aromatic carbocycles. The van der Waals surface area contributed by atoms with Crippen LogP contribution in [0.15, 0.2) is 35.4 Å². The van der Waals surface area contributed by atoms with E-state index in [0.29, 0.717) is 5.13 Å². The average molecular weight is 355 g/mol. The van der Waals surface area contributed by atoms with Gasteiger partial charge in [-0.2, -0.15) is 5.10 Å². The first-order chi connectivity index (χ1) is 12.1. The summed E-state index contributed by atoms with van der Waals surface area (Å²) in [6, 6.07) is 8.55. The number of nitrogens with zero attached hydrogens (tertiary/aromatic N) is 3. The van der Waals surface area contributed by atoms with E-state index in [2.05, 4.69) is 15.4 Å². The van der Waals surface area contributed by atoms with Gasteiger partial charge in [0.1, 0.15) is 11.8 Å². The van der Waals surface area contributed by atoms with E-state index in [1.807, 2.05) is 30.3 Å². The minimum Gasteiger partial charge on any atom is -0.368 e. The van der Waals surface area contributed by atoms with E-state index in [4.69, 9.17) is 5.73 Å². The summed E-state index contributed by atoms with van der Waals surface area (Å²) in [6.07, 6.45) is 3.30. The molecule has 2 amide bonds. The Hall–Kier alpha value is -2.74. The zero-order valence-corrected chi connectivity index (χ0v) is 14.3. The molecule has 128 valence electrons. The second kappa shape index (κ2) is 6.29. The summed E-state index contributed by atoms with van der Waals surface area (Å²) in [7, 11) is 0. The molecule has 8 heteroatoms. The van der Waals surface area contributed by atoms with Crippen LogP contribution in [0.1, 0.15) is 23.4 Å². The van der Waals surface area contributed by atoms with E-state index in [9.17, 15) is 9.59 Å². The second-order valence-electron chi connectivity index (χ2n) is 6.05. The maximum atomic E-state index is 12.5. The molecule has 0 spiro atoms. The molecule has 0 saturated carbocycles. The van der Waals surface area contributed by atoms with Gasteiger partial charge in [0.25, 0.3) is 5.91 Å². The largest absolute Gasteiger partial charge is 0.368 e. The van der Waals surface area contributed by atoms with Crippen LogP contribution in [0, 0.1) is 0 Å². The van der Waals surface area contributed by atoms with Crippen LogP contribution in [0.25, 0.3) is 0 Å². The van der Waals surface area contributed by atoms with Crippen molar-refractivity contribution in [3.05, 3.63) is 40.9 Å². The van der Waals surface area contributed by atoms with E-state index in [0.717, 1.165) is 30.6 Å². The Morgan fingerprint density at radius 2 is 2.04 bits per heavy atom. The molecular formula is C17H17N5O2S. The van der Waals surface area contributed by atoms with Crippen LogP contribution in [0.3, 0.4) is 0 Å². The number of hydrazone groups is 1. The van der Waals surface area contributed by atoms with Gasteiger partial charge in [-0.3, -0.25) is 19.9 Å². The SMILES string of the molecule is NC(=O)C1CC(C(=O)Nc2nc3c(s2)CCC3)=NN1c1ccccc1. The van der Waals surface area contributed by atoms with E-state index in [1.165, 1.54) is 21.2 Å². The number of para-hydroxylation sites is 1. The third-order valence-corrected chi connectivity index (χ3v) is 5.41. The number of anilines is 2. The summed E-state index contributed by atoms with van der Waals surface area (Å²) in [5.74, 6) is -0.847. The number of rotatable bonds is 4. The molecule has 0 fully saturated rings. The normalized spacial score (nSPS) is 18.8. The lowest BCUT2D eigenvalue weighted by molar-refractivity contribution is -0.119. The van der Waals surface area contributed by atoms with Crippen molar-refractivity contribution in [1.29, 1.82) is 0 Å². The standard InChI is InChI=1S/C17H17N5O2S/c18-15(23)13-9-12(21-22(13)10-5-2-1-3-6-10)16(24)20-17-19-11-7-4-8-14(11)25-17/h1-3,5-6,13H,4,7-9H2,(H2,18,23)(H,19,20,24). The van der Waals surface area contributed by atoms with Crippen LogP contribution in [0.2, 0.25) is 0 Å². The van der Waals surface area contributed by atoms with Crippen LogP contribution in [0.4, 0.5) is 10.8 Å². The summed E-state index contributed by atoms with van der Waals surface area (Å²) in [5, 5.41) is 9.24. The Balaban J connectivity index is 1.54. The Morgan fingerprint density at radius 1 is 1.24 bits per heavy atom. The maximum Gasteiger partial charge on any atom is 0.273 e. The van der Waals surface area contributed by atoms with Gasteiger partial charge in [0.05, 0.1) is 11.4 Å². The highest BCUT2D eigenvalue weighted by molar-refractivity contribution is 7.16. The van der Waals surface area contributed by atoms with E-state index >= 15 is 0 Å². The number of nitrogens with two attached hydrogens (primary N) is 1. The summed E-state index contributed by atoms with van der Waals surface area (Å²) < 4.78 is 0. The Labute approximate surface area is 148 Å². The molecule has 1 aliphatic carbocycles. The summed E-state index contributed by atoms with van der Waals surface area (Å²) in [4.78, 5) is 30.0. The number of thiazole rings is 1. The molecule has 1 unspecified atom stereocenters. The average Bonchev–Trinajstić information content (AvgIpc) is 3.29. The fourth-order valence-corrected chi connectivity index (χ4v) is 4.15. The van der Waals surface area contributed by atoms with Gasteiger partial charge in [-0.25, -0.2) is 4.98 Å². The van der Waals surface area contributed by atoms with Crippen LogP contribution < -0.4 is 16.1 Å². The number of benzene rings is 1. The number of amides is 2. The van der Waals surface area contributed by atoms with Crippen molar-refractivity contribution < 1.29 is 9.59 Å². The molecule has 0 radical (unpaired) electrons. The number of hydrogen-bond acceptors (Lipinski definition) is 6. The number of fused-ring (bicyclic) bond motifs is 1. The Bertz CT molecular complexity index is 840. The molecule has 2 aromatic rings. The van der Waals surface area contributed by atoms with Gasteiger partial charge in [0.15, 0.2) is 5.13 Å². The summed E-state index contributed by atoms with van der Waals surface area (Å²) >= 11 is 1.51. The minimum atomic E-state index is -0.663. The van der Waals surface area contributed by atoms with Crippen LogP contribution in [-0.4, -0.2) is 28.6 Å². The van der Waals surface area contributed by atoms with Crippen molar-refractivity contribution >= 4 is 39.7 Å². The zero-order valence-electron chi connectivity index (χ0n) is 13.4. The van der Waals surface area contributed by atoms with Crippen molar-refractivity contribution in [2.45, 2.75) is 31.7 Å². The second-order valence-corrected chi connectivity index (χ2v) is 7.13. The smallest absolute Gasteiger partial charge is 0.273 e. The molecule has 25 heavy (non-hydrogen) atoms. The third kappa shape index (κ3) is 3.00. The van der Waals surface area contributed by atoms with E-state index in [-0.39, 0.29) is 18.0 Å². The van der Waals surface area contributed by atoms with Gasteiger partial charge in [-0.1, -0.05) is 18.2 Å². The van der Waals surface area contributed by atoms with Gasteiger partial charge < -0.3 is 5.73 Å². The molecule has 2 aliphatic rings. The van der Waals surface area contributed by atoms with Gasteiger partial charge in [0, 0.05) is 11.3 Å². The number of aryl methyl sites for hydroxylation is 2. The highest BCUT2D eigenvalue weighted by Gasteiger charge is 2.35. The Morgan fingerprint density at radius 3 is 2.76 bits per heavy atom. The highest BCUT2D eigenvalue weighted by atomic mass is 32.1. The van der Waals surface area contributed by atoms with Crippen molar-refractivity contribution in [2.75, 3.05) is 10.3 Å². The van der Waals surface area contributed by atoms with Crippen molar-refractivity contribution in [1.82, 2.24) is 4.98 Å². The first-order valence-electron chi connectivity index (χ1n) is 8.13. The summed E-state index contributed by atoms with van der Waals surface area (Å²) in [5.41, 5.74) is 7.58. The molecule has 2 heterocycles. The van der Waals surface area contributed by atoms with Crippen molar-refractivity contribution in [3.8, 4) is 0 Å². The zero-order chi connectivity index (χ0) is 17.4. The number of primary amides is 1. The highest BCUT2D eigenvalue weighted by Crippen LogP contribution is 2.31. The van der Waals surface area contributed by atoms with Gasteiger partial charge >= 0.3 is 0 Å². The molecule has 0 bridgehead atoms. The van der Waals surface area contributed by atoms with Gasteiger partial charge in [-0.05, 0) is 31.4 Å². The lowest BCUT2D eigenvalue weighted by Gasteiger charge is -2.20. The Kier molecular flexibility index (Phi) is 3.96. The summed E-state index contributed by atoms with van der Waals surface area (Å²) in [6.45, 7) is 0. The van der Waals surface area contributed by atoms with Gasteiger partial charge in [-0.15, -0.1) is 11.3 Å². The fourth-order valence-electron chi connectivity index (χ4n) is 3.10. The molecule has 7 nitrogen and oxygen atoms in total. The molecular weight excluding hydrogens is 338 g/mol. The van der Waals surface area contributed by atoms with E-state index < -0.39 is 11.9 Å². The fraction of sp³-hybridized carbons (Fsp3) is 0.294. The number of carbonyl (C=O) groups excluding carboxylic acids is 2. The molecule has 1 aliphatic heterocycles. The van der Waals surface area contributed by atoms with Crippen molar-refractivity contribution in [2.24, 2.45) is 10.8 Å².